The molecule has 3 amide bonds. The van der Waals surface area contributed by atoms with E-state index >= 15 is 0 Å². The van der Waals surface area contributed by atoms with E-state index in [4.69, 9.17) is 4.74 Å². The molecule has 0 aliphatic carbocycles. The van der Waals surface area contributed by atoms with E-state index in [1.54, 1.807) is 40.0 Å². The van der Waals surface area contributed by atoms with Gasteiger partial charge in [-0.25, -0.2) is 18.9 Å². The third-order valence-electron chi connectivity index (χ3n) is 5.92. The molecule has 2 N–H and O–H groups in total. The van der Waals surface area contributed by atoms with Gasteiger partial charge in [0, 0.05) is 19.6 Å². The lowest BCUT2D eigenvalue weighted by atomic mass is 9.94. The molecule has 0 spiro atoms. The smallest absolute Gasteiger partial charge is 0.410 e. The highest BCUT2D eigenvalue weighted by molar-refractivity contribution is 5.92. The van der Waals surface area contributed by atoms with E-state index in [0.717, 1.165) is 4.90 Å². The normalized spacial score (nSPS) is 17.9. The van der Waals surface area contributed by atoms with Gasteiger partial charge in [0.25, 0.3) is 5.91 Å². The number of hydrogen-bond donors (Lipinski definition) is 2. The van der Waals surface area contributed by atoms with Gasteiger partial charge in [-0.1, -0.05) is 5.16 Å². The first-order valence-electron chi connectivity index (χ1n) is 11.9. The lowest BCUT2D eigenvalue weighted by Gasteiger charge is -2.24. The molecule has 3 aromatic rings. The van der Waals surface area contributed by atoms with E-state index in [2.05, 4.69) is 35.7 Å². The molecule has 0 saturated carbocycles. The zero-order valence-corrected chi connectivity index (χ0v) is 21.6. The van der Waals surface area contributed by atoms with E-state index in [1.165, 1.54) is 10.7 Å². The number of imidazole rings is 1. The number of aromatic nitrogens is 5. The van der Waals surface area contributed by atoms with Gasteiger partial charge in [0.15, 0.2) is 11.3 Å². The van der Waals surface area contributed by atoms with Crippen LogP contribution in [0.15, 0.2) is 23.1 Å². The van der Waals surface area contributed by atoms with Gasteiger partial charge < -0.3 is 20.3 Å². The molecule has 4 heterocycles. The number of rotatable bonds is 6. The number of hydrogen-bond acceptors (Lipinski definition) is 9. The molecule has 0 radical (unpaired) electrons. The zero-order chi connectivity index (χ0) is 28.5. The molecule has 1 fully saturated rings. The van der Waals surface area contributed by atoms with Crippen LogP contribution in [0.1, 0.15) is 48.2 Å². The number of fused-ring (bicyclic) bond motifs is 1. The fraction of sp³-hybridized carbons (Fsp3) is 0.522. The van der Waals surface area contributed by atoms with E-state index in [0.29, 0.717) is 22.6 Å². The largest absolute Gasteiger partial charge is 0.444 e. The Morgan fingerprint density at radius 1 is 1.13 bits per heavy atom. The van der Waals surface area contributed by atoms with Crippen LogP contribution in [0, 0.1) is 18.8 Å². The number of carbonyl (C=O) groups is 3. The molecule has 13 nitrogen and oxygen atoms in total. The number of alkyl halides is 3. The van der Waals surface area contributed by atoms with Gasteiger partial charge in [-0.15, -0.1) is 0 Å². The number of halogens is 3. The highest BCUT2D eigenvalue weighted by Crippen LogP contribution is 2.38. The second-order valence-corrected chi connectivity index (χ2v) is 10.1. The molecule has 2 atom stereocenters. The molecule has 3 aromatic heterocycles. The van der Waals surface area contributed by atoms with Crippen LogP contribution in [-0.2, 0) is 22.6 Å². The summed E-state index contributed by atoms with van der Waals surface area (Å²) >= 11 is 0. The van der Waals surface area contributed by atoms with E-state index < -0.39 is 54.6 Å². The average molecular weight is 553 g/mol. The Morgan fingerprint density at radius 3 is 2.51 bits per heavy atom. The van der Waals surface area contributed by atoms with E-state index in [-0.39, 0.29) is 18.8 Å². The number of amides is 3. The summed E-state index contributed by atoms with van der Waals surface area (Å²) in [5, 5.41) is 16.4. The van der Waals surface area contributed by atoms with Crippen molar-refractivity contribution in [2.75, 3.05) is 13.1 Å². The van der Waals surface area contributed by atoms with Crippen molar-refractivity contribution in [1.29, 1.82) is 0 Å². The Kier molecular flexibility index (Phi) is 7.48. The van der Waals surface area contributed by atoms with Crippen LogP contribution in [0.25, 0.3) is 5.65 Å². The van der Waals surface area contributed by atoms with Crippen LogP contribution < -0.4 is 10.6 Å². The lowest BCUT2D eigenvalue weighted by molar-refractivity contribution is -0.183. The fourth-order valence-corrected chi connectivity index (χ4v) is 4.04. The van der Waals surface area contributed by atoms with Crippen molar-refractivity contribution in [2.24, 2.45) is 11.8 Å². The average Bonchev–Trinajstić information content (AvgIpc) is 3.57. The van der Waals surface area contributed by atoms with Crippen molar-refractivity contribution in [3.63, 3.8) is 0 Å². The first-order valence-corrected chi connectivity index (χ1v) is 11.9. The summed E-state index contributed by atoms with van der Waals surface area (Å²) < 4.78 is 52.2. The van der Waals surface area contributed by atoms with Gasteiger partial charge in [-0.05, 0) is 44.5 Å². The second kappa shape index (κ2) is 10.5. The number of likely N-dealkylation sites (tertiary alicyclic amines) is 1. The number of aryl methyl sites for hydroxylation is 1. The molecule has 1 aliphatic rings. The summed E-state index contributed by atoms with van der Waals surface area (Å²) in [5.41, 5.74) is 0.879. The van der Waals surface area contributed by atoms with Gasteiger partial charge in [-0.2, -0.15) is 18.3 Å². The summed E-state index contributed by atoms with van der Waals surface area (Å²) in [6.07, 6.45) is -2.56. The number of nitrogens with one attached hydrogen (secondary N) is 2. The first kappa shape index (κ1) is 27.8. The molecular formula is C23H27F3N8O5. The summed E-state index contributed by atoms with van der Waals surface area (Å²) in [7, 11) is 0. The van der Waals surface area contributed by atoms with Gasteiger partial charge in [0.05, 0.1) is 36.5 Å². The molecular weight excluding hydrogens is 525 g/mol. The summed E-state index contributed by atoms with van der Waals surface area (Å²) in [6.45, 7) is 5.27. The summed E-state index contributed by atoms with van der Waals surface area (Å²) in [5.74, 6) is -4.84. The lowest BCUT2D eigenvalue weighted by Crippen LogP contribution is -2.39. The molecule has 1 aliphatic heterocycles. The topological polar surface area (TPSA) is 157 Å². The molecule has 210 valence electrons. The predicted octanol–water partition coefficient (Wildman–Crippen LogP) is 2.01. The Labute approximate surface area is 220 Å². The van der Waals surface area contributed by atoms with Crippen LogP contribution in [0.5, 0.6) is 0 Å². The number of carbonyl (C=O) groups excluding carboxylic acids is 3. The first-order chi connectivity index (χ1) is 18.2. The van der Waals surface area contributed by atoms with E-state index in [1.807, 2.05) is 0 Å². The fourth-order valence-electron chi connectivity index (χ4n) is 4.04. The molecule has 0 aromatic carbocycles. The van der Waals surface area contributed by atoms with Crippen LogP contribution >= 0.6 is 0 Å². The minimum Gasteiger partial charge on any atom is -0.444 e. The Hall–Kier alpha value is -4.24. The minimum atomic E-state index is -4.68. The van der Waals surface area contributed by atoms with Crippen molar-refractivity contribution in [2.45, 2.75) is 52.6 Å². The van der Waals surface area contributed by atoms with Gasteiger partial charge in [0.1, 0.15) is 11.3 Å². The van der Waals surface area contributed by atoms with Crippen LogP contribution in [0.2, 0.25) is 0 Å². The van der Waals surface area contributed by atoms with Crippen LogP contribution in [0.4, 0.5) is 18.0 Å². The van der Waals surface area contributed by atoms with Crippen LogP contribution in [0.3, 0.4) is 0 Å². The summed E-state index contributed by atoms with van der Waals surface area (Å²) in [4.78, 5) is 42.5. The molecule has 2 unspecified atom stereocenters. The minimum absolute atomic E-state index is 0.0548. The van der Waals surface area contributed by atoms with Crippen molar-refractivity contribution in [1.82, 2.24) is 40.4 Å². The van der Waals surface area contributed by atoms with E-state index in [9.17, 15) is 27.6 Å². The Balaban J connectivity index is 1.38. The number of nitrogens with zero attached hydrogens (tertiary/aromatic N) is 6. The van der Waals surface area contributed by atoms with Crippen molar-refractivity contribution >= 4 is 23.6 Å². The van der Waals surface area contributed by atoms with Gasteiger partial charge >= 0.3 is 12.3 Å². The van der Waals surface area contributed by atoms with Crippen molar-refractivity contribution < 1.29 is 36.9 Å². The summed E-state index contributed by atoms with van der Waals surface area (Å²) in [6, 6.07) is 1.60. The van der Waals surface area contributed by atoms with Crippen LogP contribution in [-0.4, -0.2) is 72.6 Å². The zero-order valence-electron chi connectivity index (χ0n) is 21.6. The van der Waals surface area contributed by atoms with Crippen molar-refractivity contribution in [3.05, 3.63) is 41.1 Å². The maximum absolute atomic E-state index is 13.7. The van der Waals surface area contributed by atoms with Gasteiger partial charge in [-0.3, -0.25) is 9.59 Å². The third kappa shape index (κ3) is 6.61. The highest BCUT2D eigenvalue weighted by Gasteiger charge is 2.53. The SMILES string of the molecule is Cc1nonc1C(=O)NCc1cn2ncc(CNC(=O)C3CN(C(=O)OC(C)(C)C)CC3C(F)(F)F)cc2n1. The molecule has 39 heavy (non-hydrogen) atoms. The third-order valence-corrected chi connectivity index (χ3v) is 5.92. The maximum atomic E-state index is 13.7. The highest BCUT2D eigenvalue weighted by atomic mass is 19.4. The standard InChI is InChI=1S/C23H27F3N8O5/c1-12-18(32-39-31-12)20(36)28-8-14-9-34-17(30-14)5-13(7-29-34)6-27-19(35)15-10-33(11-16(15)23(24,25)26)21(37)38-22(2,3)4/h5,7,9,15-16H,6,8,10-11H2,1-4H3,(H,27,35)(H,28,36). The quantitative estimate of drug-likeness (QED) is 0.467. The molecule has 4 rings (SSSR count). The van der Waals surface area contributed by atoms with Crippen molar-refractivity contribution in [3.8, 4) is 0 Å². The molecule has 16 heteroatoms. The molecule has 0 bridgehead atoms. The predicted molar refractivity (Wildman–Crippen MR) is 126 cm³/mol. The monoisotopic (exact) mass is 552 g/mol. The Bertz CT molecular complexity index is 1380. The van der Waals surface area contributed by atoms with Gasteiger partial charge in [0.2, 0.25) is 5.91 Å². The maximum Gasteiger partial charge on any atom is 0.410 e. The second-order valence-electron chi connectivity index (χ2n) is 10.1. The Morgan fingerprint density at radius 2 is 1.87 bits per heavy atom. The molecule has 1 saturated heterocycles. The number of ether oxygens (including phenoxy) is 1.